The van der Waals surface area contributed by atoms with Gasteiger partial charge in [0.1, 0.15) is 5.58 Å². The highest BCUT2D eigenvalue weighted by Gasteiger charge is 2.08. The quantitative estimate of drug-likeness (QED) is 0.802. The fourth-order valence-electron chi connectivity index (χ4n) is 2.20. The van der Waals surface area contributed by atoms with Crippen molar-refractivity contribution in [3.63, 3.8) is 0 Å². The summed E-state index contributed by atoms with van der Waals surface area (Å²) in [5, 5.41) is 4.29. The topological polar surface area (TPSA) is 59.3 Å². The molecule has 0 aliphatic carbocycles. The summed E-state index contributed by atoms with van der Waals surface area (Å²) in [6.07, 6.45) is 2.92. The van der Waals surface area contributed by atoms with E-state index in [1.165, 1.54) is 6.26 Å². The van der Waals surface area contributed by atoms with E-state index in [2.05, 4.69) is 5.32 Å². The minimum Gasteiger partial charge on any atom is -0.464 e. The molecule has 1 N–H and O–H groups in total. The molecule has 21 heavy (non-hydrogen) atoms. The Hall–Kier alpha value is -2.27. The molecule has 1 aromatic heterocycles. The number of hydrogen-bond acceptors (Lipinski definition) is 4. The van der Waals surface area contributed by atoms with Crippen molar-refractivity contribution >= 4 is 26.5 Å². The SMILES string of the molecule is CS(=O)(=O)c1cccc(NCc2coc3ccccc23)c1. The molecule has 0 unspecified atom stereocenters. The second kappa shape index (κ2) is 5.26. The summed E-state index contributed by atoms with van der Waals surface area (Å²) in [6, 6.07) is 14.6. The molecule has 1 heterocycles. The molecular formula is C16H15NO3S. The van der Waals surface area contributed by atoms with Gasteiger partial charge < -0.3 is 9.73 Å². The third-order valence-electron chi connectivity index (χ3n) is 3.31. The molecule has 0 atom stereocenters. The van der Waals surface area contributed by atoms with Crippen LogP contribution in [-0.2, 0) is 16.4 Å². The van der Waals surface area contributed by atoms with E-state index in [1.807, 2.05) is 30.3 Å². The van der Waals surface area contributed by atoms with E-state index in [9.17, 15) is 8.42 Å². The third kappa shape index (κ3) is 2.92. The Labute approximate surface area is 123 Å². The molecule has 0 aliphatic rings. The molecule has 0 spiro atoms. The number of anilines is 1. The zero-order valence-electron chi connectivity index (χ0n) is 11.5. The van der Waals surface area contributed by atoms with Crippen molar-refractivity contribution in [3.05, 3.63) is 60.4 Å². The fraction of sp³-hybridized carbons (Fsp3) is 0.125. The maximum absolute atomic E-state index is 11.6. The highest BCUT2D eigenvalue weighted by Crippen LogP contribution is 2.22. The zero-order chi connectivity index (χ0) is 14.9. The molecule has 2 aromatic carbocycles. The van der Waals surface area contributed by atoms with E-state index in [-0.39, 0.29) is 0 Å². The Morgan fingerprint density at radius 2 is 1.90 bits per heavy atom. The van der Waals surface area contributed by atoms with Crippen LogP contribution in [-0.4, -0.2) is 14.7 Å². The fourth-order valence-corrected chi connectivity index (χ4v) is 2.87. The minimum absolute atomic E-state index is 0.310. The van der Waals surface area contributed by atoms with Crippen LogP contribution in [0.25, 0.3) is 11.0 Å². The van der Waals surface area contributed by atoms with Gasteiger partial charge in [0.2, 0.25) is 0 Å². The lowest BCUT2D eigenvalue weighted by Gasteiger charge is -2.07. The monoisotopic (exact) mass is 301 g/mol. The molecule has 3 rings (SSSR count). The summed E-state index contributed by atoms with van der Waals surface area (Å²) in [7, 11) is -3.19. The van der Waals surface area contributed by atoms with Gasteiger partial charge in [-0.15, -0.1) is 0 Å². The van der Waals surface area contributed by atoms with Crippen molar-refractivity contribution in [2.24, 2.45) is 0 Å². The number of nitrogens with one attached hydrogen (secondary N) is 1. The lowest BCUT2D eigenvalue weighted by molar-refractivity contribution is 0.602. The standard InChI is InChI=1S/C16H15NO3S/c1-21(18,19)14-6-4-5-13(9-14)17-10-12-11-20-16-8-3-2-7-15(12)16/h2-9,11,17H,10H2,1H3. The molecular weight excluding hydrogens is 286 g/mol. The van der Waals surface area contributed by atoms with Gasteiger partial charge in [0, 0.05) is 29.4 Å². The predicted molar refractivity (Wildman–Crippen MR) is 83.1 cm³/mol. The van der Waals surface area contributed by atoms with Crippen molar-refractivity contribution in [2.45, 2.75) is 11.4 Å². The van der Waals surface area contributed by atoms with Gasteiger partial charge in [-0.3, -0.25) is 0 Å². The van der Waals surface area contributed by atoms with Crippen molar-refractivity contribution in [2.75, 3.05) is 11.6 Å². The van der Waals surface area contributed by atoms with Crippen LogP contribution in [0.15, 0.2) is 64.1 Å². The Bertz CT molecular complexity index is 881. The predicted octanol–water partition coefficient (Wildman–Crippen LogP) is 3.45. The number of furan rings is 1. The normalized spacial score (nSPS) is 11.7. The van der Waals surface area contributed by atoms with Crippen LogP contribution < -0.4 is 5.32 Å². The first-order valence-corrected chi connectivity index (χ1v) is 8.42. The van der Waals surface area contributed by atoms with Crippen LogP contribution in [0.3, 0.4) is 0 Å². The van der Waals surface area contributed by atoms with E-state index in [1.54, 1.807) is 24.5 Å². The third-order valence-corrected chi connectivity index (χ3v) is 4.42. The van der Waals surface area contributed by atoms with Gasteiger partial charge in [-0.2, -0.15) is 0 Å². The highest BCUT2D eigenvalue weighted by atomic mass is 32.2. The van der Waals surface area contributed by atoms with Crippen LogP contribution in [0, 0.1) is 0 Å². The van der Waals surface area contributed by atoms with Gasteiger partial charge in [-0.1, -0.05) is 24.3 Å². The van der Waals surface area contributed by atoms with E-state index < -0.39 is 9.84 Å². The van der Waals surface area contributed by atoms with Crippen LogP contribution >= 0.6 is 0 Å². The van der Waals surface area contributed by atoms with Crippen molar-refractivity contribution in [1.29, 1.82) is 0 Å². The Balaban J connectivity index is 1.82. The van der Waals surface area contributed by atoms with E-state index >= 15 is 0 Å². The maximum atomic E-state index is 11.6. The summed E-state index contributed by atoms with van der Waals surface area (Å²) >= 11 is 0. The van der Waals surface area contributed by atoms with Crippen molar-refractivity contribution < 1.29 is 12.8 Å². The summed E-state index contributed by atoms with van der Waals surface area (Å²) in [6.45, 7) is 0.574. The molecule has 0 radical (unpaired) electrons. The molecule has 0 amide bonds. The van der Waals surface area contributed by atoms with Gasteiger partial charge in [0.15, 0.2) is 9.84 Å². The van der Waals surface area contributed by atoms with Crippen LogP contribution in [0.4, 0.5) is 5.69 Å². The van der Waals surface area contributed by atoms with Gasteiger partial charge in [-0.05, 0) is 24.3 Å². The average molecular weight is 301 g/mol. The smallest absolute Gasteiger partial charge is 0.175 e. The molecule has 0 aliphatic heterocycles. The second-order valence-corrected chi connectivity index (χ2v) is 6.93. The van der Waals surface area contributed by atoms with Crippen LogP contribution in [0.1, 0.15) is 5.56 Å². The van der Waals surface area contributed by atoms with Gasteiger partial charge in [-0.25, -0.2) is 8.42 Å². The molecule has 0 bridgehead atoms. The van der Waals surface area contributed by atoms with Crippen molar-refractivity contribution in [1.82, 2.24) is 0 Å². The van der Waals surface area contributed by atoms with Crippen molar-refractivity contribution in [3.8, 4) is 0 Å². The number of rotatable bonds is 4. The summed E-state index contributed by atoms with van der Waals surface area (Å²) < 4.78 is 28.6. The van der Waals surface area contributed by atoms with E-state index in [4.69, 9.17) is 4.42 Å². The molecule has 0 saturated heterocycles. The summed E-state index contributed by atoms with van der Waals surface area (Å²) in [4.78, 5) is 0.310. The first-order chi connectivity index (χ1) is 10.0. The number of hydrogen-bond donors (Lipinski definition) is 1. The lowest BCUT2D eigenvalue weighted by Crippen LogP contribution is -2.01. The van der Waals surface area contributed by atoms with E-state index in [0.29, 0.717) is 11.4 Å². The van der Waals surface area contributed by atoms with Gasteiger partial charge >= 0.3 is 0 Å². The van der Waals surface area contributed by atoms with E-state index in [0.717, 1.165) is 22.2 Å². The number of para-hydroxylation sites is 1. The number of fused-ring (bicyclic) bond motifs is 1. The molecule has 4 nitrogen and oxygen atoms in total. The molecule has 5 heteroatoms. The van der Waals surface area contributed by atoms with Crippen LogP contribution in [0.5, 0.6) is 0 Å². The molecule has 108 valence electrons. The first kappa shape index (κ1) is 13.7. The van der Waals surface area contributed by atoms with Gasteiger partial charge in [0.25, 0.3) is 0 Å². The molecule has 0 saturated carbocycles. The average Bonchev–Trinajstić information content (AvgIpc) is 2.88. The lowest BCUT2D eigenvalue weighted by atomic mass is 10.2. The summed E-state index contributed by atoms with van der Waals surface area (Å²) in [5.74, 6) is 0. The molecule has 3 aromatic rings. The zero-order valence-corrected chi connectivity index (χ0v) is 12.4. The largest absolute Gasteiger partial charge is 0.464 e. The number of sulfone groups is 1. The van der Waals surface area contributed by atoms with Gasteiger partial charge in [0.05, 0.1) is 11.2 Å². The van der Waals surface area contributed by atoms with Crippen LogP contribution in [0.2, 0.25) is 0 Å². The number of benzene rings is 2. The molecule has 0 fully saturated rings. The summed E-state index contributed by atoms with van der Waals surface area (Å²) in [5.41, 5.74) is 2.65. The maximum Gasteiger partial charge on any atom is 0.175 e. The Morgan fingerprint density at radius 1 is 1.10 bits per heavy atom. The Morgan fingerprint density at radius 3 is 2.71 bits per heavy atom. The second-order valence-electron chi connectivity index (χ2n) is 4.91. The minimum atomic E-state index is -3.19. The highest BCUT2D eigenvalue weighted by molar-refractivity contribution is 7.90. The Kier molecular flexibility index (Phi) is 3.43. The first-order valence-electron chi connectivity index (χ1n) is 6.53.